The minimum Gasteiger partial charge on any atom is -0.375 e. The summed E-state index contributed by atoms with van der Waals surface area (Å²) >= 11 is 0. The summed E-state index contributed by atoms with van der Waals surface area (Å²) in [4.78, 5) is 16.3. The van der Waals surface area contributed by atoms with Gasteiger partial charge < -0.3 is 19.4 Å². The minimum absolute atomic E-state index is 0.0159. The van der Waals surface area contributed by atoms with Crippen LogP contribution in [-0.2, 0) is 20.8 Å². The van der Waals surface area contributed by atoms with E-state index in [-0.39, 0.29) is 31.1 Å². The molecule has 1 aromatic heterocycles. The first kappa shape index (κ1) is 17.8. The normalized spacial score (nSPS) is 21.6. The lowest BCUT2D eigenvalue weighted by Crippen LogP contribution is -2.43. The summed E-state index contributed by atoms with van der Waals surface area (Å²) in [7, 11) is 0. The van der Waals surface area contributed by atoms with Crippen molar-refractivity contribution in [2.75, 3.05) is 19.8 Å². The lowest BCUT2D eigenvalue weighted by molar-refractivity contribution is -0.125. The molecule has 0 aliphatic carbocycles. The molecule has 23 heavy (non-hydrogen) atoms. The molecule has 1 fully saturated rings. The van der Waals surface area contributed by atoms with E-state index in [2.05, 4.69) is 10.3 Å². The molecule has 1 saturated heterocycles. The quantitative estimate of drug-likeness (QED) is 0.739. The topological polar surface area (TPSA) is 65.4 Å². The van der Waals surface area contributed by atoms with Crippen molar-refractivity contribution >= 4 is 5.91 Å². The van der Waals surface area contributed by atoms with Crippen LogP contribution >= 0.6 is 0 Å². The van der Waals surface area contributed by atoms with Gasteiger partial charge in [-0.15, -0.1) is 0 Å². The predicted molar refractivity (Wildman–Crippen MR) is 79.2 cm³/mol. The summed E-state index contributed by atoms with van der Waals surface area (Å²) < 4.78 is 36.4. The molecule has 6 nitrogen and oxygen atoms in total. The Hall–Kier alpha value is -1.54. The van der Waals surface area contributed by atoms with E-state index in [1.807, 2.05) is 17.7 Å². The predicted octanol–water partition coefficient (Wildman–Crippen LogP) is 1.91. The maximum Gasteiger partial charge on any atom is 0.261 e. The van der Waals surface area contributed by atoms with E-state index in [4.69, 9.17) is 9.47 Å². The molecule has 130 valence electrons. The molecule has 1 aromatic rings. The molecule has 0 saturated carbocycles. The van der Waals surface area contributed by atoms with E-state index in [9.17, 15) is 13.6 Å². The Morgan fingerprint density at radius 3 is 3.17 bits per heavy atom. The average Bonchev–Trinajstić information content (AvgIpc) is 3.00. The molecule has 8 heteroatoms. The van der Waals surface area contributed by atoms with Crippen molar-refractivity contribution in [1.82, 2.24) is 14.9 Å². The highest BCUT2D eigenvalue weighted by atomic mass is 19.3. The van der Waals surface area contributed by atoms with Crippen molar-refractivity contribution in [2.45, 2.75) is 51.3 Å². The second kappa shape index (κ2) is 8.93. The van der Waals surface area contributed by atoms with Crippen molar-refractivity contribution in [2.24, 2.45) is 0 Å². The van der Waals surface area contributed by atoms with Crippen LogP contribution in [0.2, 0.25) is 0 Å². The van der Waals surface area contributed by atoms with Crippen LogP contribution < -0.4 is 5.32 Å². The van der Waals surface area contributed by atoms with Crippen LogP contribution in [0, 0.1) is 0 Å². The van der Waals surface area contributed by atoms with Gasteiger partial charge in [0.05, 0.1) is 12.6 Å². The summed E-state index contributed by atoms with van der Waals surface area (Å²) in [5.41, 5.74) is 0. The van der Waals surface area contributed by atoms with Gasteiger partial charge in [0.2, 0.25) is 5.91 Å². The SMILES string of the molecule is CCn1ccnc1[C@H]1OCCC[C@@H]1NC(=O)CCOCC(F)F. The van der Waals surface area contributed by atoms with E-state index >= 15 is 0 Å². The van der Waals surface area contributed by atoms with Gasteiger partial charge in [-0.05, 0) is 19.8 Å². The van der Waals surface area contributed by atoms with Gasteiger partial charge in [-0.1, -0.05) is 0 Å². The van der Waals surface area contributed by atoms with Crippen molar-refractivity contribution in [3.05, 3.63) is 18.2 Å². The molecule has 1 amide bonds. The molecule has 0 unspecified atom stereocenters. The number of aryl methyl sites for hydroxylation is 1. The van der Waals surface area contributed by atoms with Gasteiger partial charge in [0.25, 0.3) is 6.43 Å². The summed E-state index contributed by atoms with van der Waals surface area (Å²) in [6.07, 6.45) is 2.50. The molecule has 1 aliphatic rings. The number of rotatable bonds is 8. The van der Waals surface area contributed by atoms with E-state index in [0.717, 1.165) is 25.2 Å². The average molecular weight is 331 g/mol. The fourth-order valence-electron chi connectivity index (χ4n) is 2.64. The third-order valence-corrected chi connectivity index (χ3v) is 3.73. The van der Waals surface area contributed by atoms with Crippen LogP contribution in [0.4, 0.5) is 8.78 Å². The lowest BCUT2D eigenvalue weighted by atomic mass is 10.0. The Kier molecular flexibility index (Phi) is 6.91. The number of nitrogens with one attached hydrogen (secondary N) is 1. The zero-order valence-corrected chi connectivity index (χ0v) is 13.2. The van der Waals surface area contributed by atoms with Crippen LogP contribution in [0.25, 0.3) is 0 Å². The Morgan fingerprint density at radius 1 is 1.61 bits per heavy atom. The van der Waals surface area contributed by atoms with Gasteiger partial charge in [0.15, 0.2) is 0 Å². The number of alkyl halides is 2. The summed E-state index contributed by atoms with van der Waals surface area (Å²) in [5.74, 6) is 0.570. The molecular formula is C15H23F2N3O3. The number of aromatic nitrogens is 2. The van der Waals surface area contributed by atoms with E-state index < -0.39 is 13.0 Å². The highest BCUT2D eigenvalue weighted by molar-refractivity contribution is 5.76. The number of nitrogens with zero attached hydrogens (tertiary/aromatic N) is 2. The molecular weight excluding hydrogens is 308 g/mol. The number of carbonyl (C=O) groups is 1. The standard InChI is InChI=1S/C15H23F2N3O3/c1-2-20-7-6-18-15(20)14-11(4-3-8-23-14)19-13(21)5-9-22-10-12(16)17/h6-7,11-12,14H,2-5,8-10H2,1H3,(H,19,21)/t11-,14-/m0/s1. The van der Waals surface area contributed by atoms with Gasteiger partial charge in [-0.25, -0.2) is 13.8 Å². The third kappa shape index (κ3) is 5.24. The lowest BCUT2D eigenvalue weighted by Gasteiger charge is -2.32. The highest BCUT2D eigenvalue weighted by Crippen LogP contribution is 2.27. The maximum absolute atomic E-state index is 12.0. The molecule has 1 N–H and O–H groups in total. The summed E-state index contributed by atoms with van der Waals surface area (Å²) in [5, 5.41) is 2.91. The first-order valence-electron chi connectivity index (χ1n) is 7.89. The largest absolute Gasteiger partial charge is 0.375 e. The molecule has 2 atom stereocenters. The van der Waals surface area contributed by atoms with Crippen LogP contribution in [0.3, 0.4) is 0 Å². The molecule has 0 spiro atoms. The first-order valence-corrected chi connectivity index (χ1v) is 7.89. The van der Waals surface area contributed by atoms with Crippen LogP contribution in [0.1, 0.15) is 38.1 Å². The van der Waals surface area contributed by atoms with Gasteiger partial charge >= 0.3 is 0 Å². The number of amides is 1. The van der Waals surface area contributed by atoms with Crippen molar-refractivity contribution in [1.29, 1.82) is 0 Å². The fraction of sp³-hybridized carbons (Fsp3) is 0.733. The van der Waals surface area contributed by atoms with Crippen LogP contribution in [-0.4, -0.2) is 47.7 Å². The summed E-state index contributed by atoms with van der Waals surface area (Å²) in [6.45, 7) is 2.76. The molecule has 0 radical (unpaired) electrons. The van der Waals surface area contributed by atoms with Gasteiger partial charge in [-0.3, -0.25) is 4.79 Å². The van der Waals surface area contributed by atoms with Crippen molar-refractivity contribution in [3.8, 4) is 0 Å². The third-order valence-electron chi connectivity index (χ3n) is 3.73. The zero-order chi connectivity index (χ0) is 16.7. The number of imidazole rings is 1. The van der Waals surface area contributed by atoms with E-state index in [0.29, 0.717) is 6.61 Å². The Labute approximate surface area is 134 Å². The maximum atomic E-state index is 12.0. The van der Waals surface area contributed by atoms with Gasteiger partial charge in [-0.2, -0.15) is 0 Å². The number of hydrogen-bond donors (Lipinski definition) is 1. The highest BCUT2D eigenvalue weighted by Gasteiger charge is 2.31. The van der Waals surface area contributed by atoms with Gasteiger partial charge in [0, 0.05) is 32.0 Å². The monoisotopic (exact) mass is 331 g/mol. The van der Waals surface area contributed by atoms with Crippen LogP contribution in [0.15, 0.2) is 12.4 Å². The summed E-state index contributed by atoms with van der Waals surface area (Å²) in [6, 6.07) is -0.168. The number of hydrogen-bond acceptors (Lipinski definition) is 4. The second-order valence-electron chi connectivity index (χ2n) is 5.40. The van der Waals surface area contributed by atoms with Gasteiger partial charge in [0.1, 0.15) is 18.5 Å². The zero-order valence-electron chi connectivity index (χ0n) is 13.2. The first-order chi connectivity index (χ1) is 11.1. The smallest absolute Gasteiger partial charge is 0.261 e. The second-order valence-corrected chi connectivity index (χ2v) is 5.40. The molecule has 2 heterocycles. The molecule has 1 aliphatic heterocycles. The molecule has 2 rings (SSSR count). The Morgan fingerprint density at radius 2 is 2.43 bits per heavy atom. The minimum atomic E-state index is -2.51. The van der Waals surface area contributed by atoms with Crippen LogP contribution in [0.5, 0.6) is 0 Å². The number of ether oxygens (including phenoxy) is 2. The molecule has 0 aromatic carbocycles. The molecule has 0 bridgehead atoms. The van der Waals surface area contributed by atoms with Crippen molar-refractivity contribution < 1.29 is 23.0 Å². The fourth-order valence-corrected chi connectivity index (χ4v) is 2.64. The van der Waals surface area contributed by atoms with Crippen molar-refractivity contribution in [3.63, 3.8) is 0 Å². The number of halogens is 2. The van der Waals surface area contributed by atoms with E-state index in [1.165, 1.54) is 0 Å². The number of carbonyl (C=O) groups excluding carboxylic acids is 1. The Balaban J connectivity index is 1.87. The Bertz CT molecular complexity index is 496. The van der Waals surface area contributed by atoms with E-state index in [1.54, 1.807) is 6.20 Å².